The Morgan fingerprint density at radius 2 is 1.06 bits per heavy atom. The number of methoxy groups -OCH3 is 1. The van der Waals surface area contributed by atoms with E-state index < -0.39 is 64.9 Å². The van der Waals surface area contributed by atoms with Gasteiger partial charge in [0, 0.05) is 12.4 Å². The van der Waals surface area contributed by atoms with E-state index in [1.807, 2.05) is 0 Å². The van der Waals surface area contributed by atoms with Crippen molar-refractivity contribution in [3.05, 3.63) is 0 Å². The first-order chi connectivity index (χ1) is 13.9. The van der Waals surface area contributed by atoms with E-state index in [0.717, 1.165) is 0 Å². The molecule has 180 valence electrons. The van der Waals surface area contributed by atoms with Crippen LogP contribution in [0, 0.1) is 16.2 Å². The van der Waals surface area contributed by atoms with Crippen molar-refractivity contribution in [2.75, 3.05) is 12.4 Å². The molecule has 31 heavy (non-hydrogen) atoms. The topological polar surface area (TPSA) is 97.4 Å². The first-order valence-corrected chi connectivity index (χ1v) is 11.4. The SMILES string of the molecule is CO[C@@H]1O[C@H](CBr)[C@@H](OC(=O)C(C)(C)C)[C@H](OC(=O)C(C)(C)C)[C@H]1OC(=O)C(C)(C)C. The van der Waals surface area contributed by atoms with Crippen molar-refractivity contribution >= 4 is 33.8 Å². The van der Waals surface area contributed by atoms with Crippen LogP contribution in [0.5, 0.6) is 0 Å². The summed E-state index contributed by atoms with van der Waals surface area (Å²) in [5, 5.41) is 0.276. The van der Waals surface area contributed by atoms with Crippen LogP contribution in [0.3, 0.4) is 0 Å². The van der Waals surface area contributed by atoms with E-state index in [1.54, 1.807) is 62.3 Å². The number of hydrogen-bond acceptors (Lipinski definition) is 8. The van der Waals surface area contributed by atoms with Gasteiger partial charge in [-0.25, -0.2) is 0 Å². The second-order valence-electron chi connectivity index (χ2n) is 10.8. The molecule has 0 amide bonds. The third kappa shape index (κ3) is 7.43. The fraction of sp³-hybridized carbons (Fsp3) is 0.864. The zero-order chi connectivity index (χ0) is 24.4. The van der Waals surface area contributed by atoms with Crippen molar-refractivity contribution in [3.63, 3.8) is 0 Å². The molecular weight excluding hydrogens is 472 g/mol. The summed E-state index contributed by atoms with van der Waals surface area (Å²) in [5.41, 5.74) is -2.45. The molecule has 8 nitrogen and oxygen atoms in total. The summed E-state index contributed by atoms with van der Waals surface area (Å²) in [6.45, 7) is 15.4. The van der Waals surface area contributed by atoms with Gasteiger partial charge < -0.3 is 23.7 Å². The predicted octanol–water partition coefficient (Wildman–Crippen LogP) is 3.63. The second-order valence-corrected chi connectivity index (χ2v) is 11.4. The smallest absolute Gasteiger partial charge is 0.311 e. The third-order valence-corrected chi connectivity index (χ3v) is 5.18. The van der Waals surface area contributed by atoms with Crippen molar-refractivity contribution in [1.82, 2.24) is 0 Å². The van der Waals surface area contributed by atoms with Crippen LogP contribution in [0.15, 0.2) is 0 Å². The molecule has 1 aliphatic rings. The molecule has 0 N–H and O–H groups in total. The van der Waals surface area contributed by atoms with Gasteiger partial charge >= 0.3 is 17.9 Å². The number of carbonyl (C=O) groups excluding carboxylic acids is 3. The average Bonchev–Trinajstić information content (AvgIpc) is 2.61. The van der Waals surface area contributed by atoms with E-state index in [4.69, 9.17) is 23.7 Å². The van der Waals surface area contributed by atoms with Gasteiger partial charge in [-0.2, -0.15) is 0 Å². The lowest BCUT2D eigenvalue weighted by atomic mass is 9.93. The van der Waals surface area contributed by atoms with Crippen LogP contribution in [-0.4, -0.2) is 61.1 Å². The van der Waals surface area contributed by atoms with Crippen LogP contribution in [0.25, 0.3) is 0 Å². The Balaban J connectivity index is 3.44. The molecule has 0 spiro atoms. The summed E-state index contributed by atoms with van der Waals surface area (Å²) in [5.74, 6) is -1.56. The number of halogens is 1. The van der Waals surface area contributed by atoms with E-state index in [0.29, 0.717) is 0 Å². The first-order valence-electron chi connectivity index (χ1n) is 10.3. The normalized spacial score (nSPS) is 27.4. The number of rotatable bonds is 5. The van der Waals surface area contributed by atoms with Crippen molar-refractivity contribution in [3.8, 4) is 0 Å². The van der Waals surface area contributed by atoms with Gasteiger partial charge in [-0.15, -0.1) is 0 Å². The maximum Gasteiger partial charge on any atom is 0.311 e. The molecule has 0 saturated carbocycles. The van der Waals surface area contributed by atoms with Gasteiger partial charge in [0.05, 0.1) is 16.2 Å². The molecule has 0 radical (unpaired) electrons. The quantitative estimate of drug-likeness (QED) is 0.315. The van der Waals surface area contributed by atoms with Crippen LogP contribution in [0.4, 0.5) is 0 Å². The Morgan fingerprint density at radius 3 is 1.39 bits per heavy atom. The Bertz CT molecular complexity index is 614. The highest BCUT2D eigenvalue weighted by molar-refractivity contribution is 9.09. The highest BCUT2D eigenvalue weighted by Crippen LogP contribution is 2.34. The standard InChI is InChI=1S/C22H37BrO8/c1-20(2,3)17(24)29-13-12(11-23)28-16(27-10)15(31-19(26)22(7,8)9)14(13)30-18(25)21(4,5)6/h12-16H,11H2,1-10H3/t12-,13-,14+,15-,16-/m1/s1. The Hall–Kier alpha value is -1.19. The van der Waals surface area contributed by atoms with Crippen LogP contribution < -0.4 is 0 Å². The molecule has 0 aliphatic carbocycles. The van der Waals surface area contributed by atoms with Crippen molar-refractivity contribution in [2.24, 2.45) is 16.2 Å². The maximum atomic E-state index is 12.8. The van der Waals surface area contributed by atoms with Crippen molar-refractivity contribution < 1.29 is 38.1 Å². The lowest BCUT2D eigenvalue weighted by molar-refractivity contribution is -0.298. The summed E-state index contributed by atoms with van der Waals surface area (Å²) in [7, 11) is 1.40. The number of hydrogen-bond donors (Lipinski definition) is 0. The summed E-state index contributed by atoms with van der Waals surface area (Å²) in [4.78, 5) is 38.1. The molecule has 1 fully saturated rings. The number of carbonyl (C=O) groups is 3. The molecule has 1 saturated heterocycles. The molecule has 9 heteroatoms. The highest BCUT2D eigenvalue weighted by Gasteiger charge is 2.54. The van der Waals surface area contributed by atoms with Crippen LogP contribution in [-0.2, 0) is 38.1 Å². The van der Waals surface area contributed by atoms with E-state index in [1.165, 1.54) is 7.11 Å². The third-order valence-electron chi connectivity index (χ3n) is 4.54. The minimum Gasteiger partial charge on any atom is -0.455 e. The van der Waals surface area contributed by atoms with E-state index in [2.05, 4.69) is 15.9 Å². The summed E-state index contributed by atoms with van der Waals surface area (Å²) in [6.07, 6.45) is -4.97. The molecule has 1 rings (SSSR count). The Labute approximate surface area is 193 Å². The molecule has 1 aliphatic heterocycles. The summed E-state index contributed by atoms with van der Waals surface area (Å²) >= 11 is 3.36. The lowest BCUT2D eigenvalue weighted by Gasteiger charge is -2.45. The minimum atomic E-state index is -1.13. The largest absolute Gasteiger partial charge is 0.455 e. The van der Waals surface area contributed by atoms with E-state index in [9.17, 15) is 14.4 Å². The van der Waals surface area contributed by atoms with Gasteiger partial charge in [-0.3, -0.25) is 14.4 Å². The zero-order valence-electron chi connectivity index (χ0n) is 20.2. The van der Waals surface area contributed by atoms with Crippen LogP contribution >= 0.6 is 15.9 Å². The molecule has 1 heterocycles. The van der Waals surface area contributed by atoms with Crippen LogP contribution in [0.1, 0.15) is 62.3 Å². The number of ether oxygens (including phenoxy) is 5. The van der Waals surface area contributed by atoms with Crippen molar-refractivity contribution in [2.45, 2.75) is 93.0 Å². The first kappa shape index (κ1) is 27.8. The second kappa shape index (κ2) is 10.2. The molecule has 0 aromatic heterocycles. The van der Waals surface area contributed by atoms with E-state index in [-0.39, 0.29) is 5.33 Å². The Kier molecular flexibility index (Phi) is 9.13. The molecule has 0 aromatic rings. The van der Waals surface area contributed by atoms with Gasteiger partial charge in [-0.1, -0.05) is 15.9 Å². The maximum absolute atomic E-state index is 12.8. The van der Waals surface area contributed by atoms with Gasteiger partial charge in [0.15, 0.2) is 24.6 Å². The number of esters is 3. The molecular formula is C22H37BrO8. The highest BCUT2D eigenvalue weighted by atomic mass is 79.9. The zero-order valence-corrected chi connectivity index (χ0v) is 21.8. The summed E-state index contributed by atoms with van der Waals surface area (Å²) < 4.78 is 28.6. The average molecular weight is 509 g/mol. The molecule has 0 bridgehead atoms. The van der Waals surface area contributed by atoms with Crippen molar-refractivity contribution in [1.29, 1.82) is 0 Å². The molecule has 0 aromatic carbocycles. The Morgan fingerprint density at radius 1 is 0.710 bits per heavy atom. The minimum absolute atomic E-state index is 0.276. The number of alkyl halides is 1. The fourth-order valence-corrected chi connectivity index (χ4v) is 3.02. The summed E-state index contributed by atoms with van der Waals surface area (Å²) in [6, 6.07) is 0. The van der Waals surface area contributed by atoms with Gasteiger partial charge in [-0.05, 0) is 62.3 Å². The fourth-order valence-electron chi connectivity index (χ4n) is 2.50. The van der Waals surface area contributed by atoms with E-state index >= 15 is 0 Å². The van der Waals surface area contributed by atoms with Crippen LogP contribution in [0.2, 0.25) is 0 Å². The van der Waals surface area contributed by atoms with Gasteiger partial charge in [0.2, 0.25) is 0 Å². The molecule has 0 unspecified atom stereocenters. The monoisotopic (exact) mass is 508 g/mol. The van der Waals surface area contributed by atoms with Gasteiger partial charge in [0.1, 0.15) is 6.10 Å². The lowest BCUT2D eigenvalue weighted by Crippen LogP contribution is -2.63. The molecule has 5 atom stereocenters. The predicted molar refractivity (Wildman–Crippen MR) is 117 cm³/mol. The van der Waals surface area contributed by atoms with Gasteiger partial charge in [0.25, 0.3) is 0 Å².